The van der Waals surface area contributed by atoms with Gasteiger partial charge in [0.05, 0.1) is 0 Å². The van der Waals surface area contributed by atoms with Crippen molar-refractivity contribution >= 4 is 16.6 Å². The average Bonchev–Trinajstić information content (AvgIpc) is 2.94. The van der Waals surface area contributed by atoms with E-state index >= 15 is 0 Å². The zero-order valence-corrected chi connectivity index (χ0v) is 12.8. The molecule has 0 saturated heterocycles. The molecule has 1 heterocycles. The lowest BCUT2D eigenvalue weighted by molar-refractivity contribution is 0.838. The molecule has 4 aromatic rings. The summed E-state index contributed by atoms with van der Waals surface area (Å²) >= 11 is 0. The number of aromatic nitrogens is 1. The predicted octanol–water partition coefficient (Wildman–Crippen LogP) is 4.94. The fourth-order valence-corrected chi connectivity index (χ4v) is 3.07. The molecule has 0 aliphatic heterocycles. The van der Waals surface area contributed by atoms with Crippen LogP contribution < -0.4 is 5.73 Å². The fraction of sp³-hybridized carbons (Fsp3) is 0.0476. The van der Waals surface area contributed by atoms with Crippen LogP contribution in [0.4, 0.5) is 5.69 Å². The first-order valence-corrected chi connectivity index (χ1v) is 7.79. The highest BCUT2D eigenvalue weighted by Gasteiger charge is 2.10. The number of nitrogens with zero attached hydrogens (tertiary/aromatic N) is 1. The van der Waals surface area contributed by atoms with Crippen LogP contribution in [0.5, 0.6) is 0 Å². The van der Waals surface area contributed by atoms with Crippen molar-refractivity contribution in [2.24, 2.45) is 0 Å². The second kappa shape index (κ2) is 5.65. The van der Waals surface area contributed by atoms with Crippen LogP contribution in [0.3, 0.4) is 0 Å². The quantitative estimate of drug-likeness (QED) is 0.534. The van der Waals surface area contributed by atoms with Crippen molar-refractivity contribution < 1.29 is 0 Å². The molecule has 0 fully saturated rings. The third kappa shape index (κ3) is 2.59. The molecule has 4 rings (SSSR count). The highest BCUT2D eigenvalue weighted by molar-refractivity contribution is 5.97. The Hall–Kier alpha value is -3.00. The summed E-state index contributed by atoms with van der Waals surface area (Å²) in [6.45, 7) is 0.855. The van der Waals surface area contributed by atoms with Gasteiger partial charge in [-0.1, -0.05) is 60.7 Å². The molecule has 0 bridgehead atoms. The van der Waals surface area contributed by atoms with Crippen LogP contribution in [0.15, 0.2) is 85.1 Å². The number of anilines is 1. The van der Waals surface area contributed by atoms with Gasteiger partial charge >= 0.3 is 0 Å². The molecule has 23 heavy (non-hydrogen) atoms. The van der Waals surface area contributed by atoms with Crippen molar-refractivity contribution in [3.8, 4) is 11.1 Å². The summed E-state index contributed by atoms with van der Waals surface area (Å²) in [5.74, 6) is 0. The van der Waals surface area contributed by atoms with Gasteiger partial charge in [-0.05, 0) is 29.3 Å². The smallest absolute Gasteiger partial charge is 0.0491 e. The number of fused-ring (bicyclic) bond motifs is 1. The lowest BCUT2D eigenvalue weighted by Crippen LogP contribution is -1.97. The van der Waals surface area contributed by atoms with Gasteiger partial charge in [-0.3, -0.25) is 0 Å². The summed E-state index contributed by atoms with van der Waals surface area (Å²) in [6.07, 6.45) is 2.23. The van der Waals surface area contributed by atoms with E-state index in [1.807, 2.05) is 18.2 Å². The maximum atomic E-state index is 6.02. The second-order valence-electron chi connectivity index (χ2n) is 5.80. The molecule has 1 aromatic heterocycles. The highest BCUT2D eigenvalue weighted by Crippen LogP contribution is 2.32. The molecule has 3 aromatic carbocycles. The number of hydrogen-bond acceptors (Lipinski definition) is 1. The molecule has 2 nitrogen and oxygen atoms in total. The van der Waals surface area contributed by atoms with Crippen LogP contribution in [-0.4, -0.2) is 4.57 Å². The largest absolute Gasteiger partial charge is 0.399 e. The van der Waals surface area contributed by atoms with Crippen LogP contribution >= 0.6 is 0 Å². The molecule has 0 amide bonds. The highest BCUT2D eigenvalue weighted by atomic mass is 15.0. The first-order chi connectivity index (χ1) is 11.3. The van der Waals surface area contributed by atoms with Crippen LogP contribution in [-0.2, 0) is 6.54 Å². The Morgan fingerprint density at radius 1 is 0.783 bits per heavy atom. The zero-order chi connectivity index (χ0) is 15.6. The van der Waals surface area contributed by atoms with Crippen LogP contribution in [0.25, 0.3) is 22.0 Å². The normalized spacial score (nSPS) is 11.0. The van der Waals surface area contributed by atoms with Crippen LogP contribution in [0, 0.1) is 0 Å². The Kier molecular flexibility index (Phi) is 3.35. The van der Waals surface area contributed by atoms with E-state index in [2.05, 4.69) is 71.4 Å². The summed E-state index contributed by atoms with van der Waals surface area (Å²) in [6, 6.07) is 27.1. The minimum Gasteiger partial charge on any atom is -0.399 e. The average molecular weight is 298 g/mol. The minimum atomic E-state index is 0.798. The number of benzene rings is 3. The van der Waals surface area contributed by atoms with E-state index < -0.39 is 0 Å². The molecule has 0 radical (unpaired) electrons. The van der Waals surface area contributed by atoms with Gasteiger partial charge in [-0.15, -0.1) is 0 Å². The fourth-order valence-electron chi connectivity index (χ4n) is 3.07. The van der Waals surface area contributed by atoms with Crippen LogP contribution in [0.1, 0.15) is 5.56 Å². The van der Waals surface area contributed by atoms with Crippen LogP contribution in [0.2, 0.25) is 0 Å². The van der Waals surface area contributed by atoms with Gasteiger partial charge in [0.15, 0.2) is 0 Å². The Morgan fingerprint density at radius 3 is 2.22 bits per heavy atom. The summed E-state index contributed by atoms with van der Waals surface area (Å²) in [7, 11) is 0. The van der Waals surface area contributed by atoms with Crippen molar-refractivity contribution in [3.05, 3.63) is 90.6 Å². The minimum absolute atomic E-state index is 0.798. The number of rotatable bonds is 3. The molecule has 0 aliphatic rings. The molecule has 0 aliphatic carbocycles. The van der Waals surface area contributed by atoms with E-state index in [-0.39, 0.29) is 0 Å². The molecule has 2 N–H and O–H groups in total. The van der Waals surface area contributed by atoms with E-state index in [1.54, 1.807) is 0 Å². The summed E-state index contributed by atoms with van der Waals surface area (Å²) in [5, 5.41) is 1.20. The first-order valence-electron chi connectivity index (χ1n) is 7.79. The molecule has 2 heteroatoms. The van der Waals surface area contributed by atoms with Gasteiger partial charge in [0.2, 0.25) is 0 Å². The van der Waals surface area contributed by atoms with Gasteiger partial charge in [-0.2, -0.15) is 0 Å². The van der Waals surface area contributed by atoms with E-state index in [4.69, 9.17) is 5.73 Å². The van der Waals surface area contributed by atoms with E-state index in [0.717, 1.165) is 12.2 Å². The Labute approximate surface area is 135 Å². The second-order valence-corrected chi connectivity index (χ2v) is 5.80. The van der Waals surface area contributed by atoms with Crippen molar-refractivity contribution in [1.82, 2.24) is 4.57 Å². The monoisotopic (exact) mass is 298 g/mol. The zero-order valence-electron chi connectivity index (χ0n) is 12.8. The Balaban J connectivity index is 1.89. The van der Waals surface area contributed by atoms with E-state index in [0.29, 0.717) is 0 Å². The maximum absolute atomic E-state index is 6.02. The summed E-state index contributed by atoms with van der Waals surface area (Å²) in [5.41, 5.74) is 11.8. The SMILES string of the molecule is Nc1ccc2c(c1)c(-c1ccccc1)cn2Cc1ccccc1. The lowest BCUT2D eigenvalue weighted by atomic mass is 10.0. The standard InChI is InChI=1S/C21H18N2/c22-18-11-12-21-19(13-18)20(17-9-5-2-6-10-17)15-23(21)14-16-7-3-1-4-8-16/h1-13,15H,14,22H2. The van der Waals surface area contributed by atoms with Gasteiger partial charge in [0.1, 0.15) is 0 Å². The molecule has 112 valence electrons. The lowest BCUT2D eigenvalue weighted by Gasteiger charge is -2.05. The predicted molar refractivity (Wildman–Crippen MR) is 97.3 cm³/mol. The molecule has 0 atom stereocenters. The third-order valence-electron chi connectivity index (χ3n) is 4.19. The van der Waals surface area contributed by atoms with Gasteiger partial charge in [-0.25, -0.2) is 0 Å². The van der Waals surface area contributed by atoms with Crippen molar-refractivity contribution in [2.75, 3.05) is 5.73 Å². The number of nitrogen functional groups attached to an aromatic ring is 1. The third-order valence-corrected chi connectivity index (χ3v) is 4.19. The Bertz CT molecular complexity index is 938. The first kappa shape index (κ1) is 13.6. The van der Waals surface area contributed by atoms with Crippen molar-refractivity contribution in [1.29, 1.82) is 0 Å². The molecule has 0 spiro atoms. The van der Waals surface area contributed by atoms with Gasteiger partial charge < -0.3 is 10.3 Å². The van der Waals surface area contributed by atoms with Crippen molar-refractivity contribution in [2.45, 2.75) is 6.54 Å². The molecular weight excluding hydrogens is 280 g/mol. The topological polar surface area (TPSA) is 30.9 Å². The van der Waals surface area contributed by atoms with Gasteiger partial charge in [0.25, 0.3) is 0 Å². The maximum Gasteiger partial charge on any atom is 0.0491 e. The molecule has 0 saturated carbocycles. The Morgan fingerprint density at radius 2 is 1.48 bits per heavy atom. The summed E-state index contributed by atoms with van der Waals surface area (Å²) in [4.78, 5) is 0. The number of nitrogens with two attached hydrogens (primary N) is 1. The molecular formula is C21H18N2. The van der Waals surface area contributed by atoms with E-state index in [1.165, 1.54) is 27.6 Å². The summed E-state index contributed by atoms with van der Waals surface area (Å²) < 4.78 is 2.30. The van der Waals surface area contributed by atoms with Gasteiger partial charge in [0, 0.05) is 34.9 Å². The molecule has 0 unspecified atom stereocenters. The van der Waals surface area contributed by atoms with E-state index in [9.17, 15) is 0 Å². The number of hydrogen-bond donors (Lipinski definition) is 1. The van der Waals surface area contributed by atoms with Crippen molar-refractivity contribution in [3.63, 3.8) is 0 Å².